The van der Waals surface area contributed by atoms with Crippen molar-refractivity contribution in [3.05, 3.63) is 0 Å². The highest BCUT2D eigenvalue weighted by Crippen LogP contribution is 2.70. The molecule has 4 nitrogen and oxygen atoms in total. The number of hydrogen-bond donors (Lipinski definition) is 2. The number of carbonyl (C=O) groups is 1. The highest BCUT2D eigenvalue weighted by molar-refractivity contribution is 5.83. The van der Waals surface area contributed by atoms with Crippen LogP contribution in [0.15, 0.2) is 0 Å². The van der Waals surface area contributed by atoms with Crippen molar-refractivity contribution in [2.45, 2.75) is 32.1 Å². The monoisotopic (exact) mass is 252 g/mol. The molecule has 0 aromatic carbocycles. The lowest BCUT2D eigenvalue weighted by molar-refractivity contribution is -0.123. The number of rotatable bonds is 5. The number of likely N-dealkylation sites (tertiary alicyclic amines) is 1. The first-order valence-electron chi connectivity index (χ1n) is 7.34. The van der Waals surface area contributed by atoms with Crippen molar-refractivity contribution >= 4 is 5.91 Å². The standard InChI is InChI=1S/C14H24N2O2/c17-8-7-16-5-1-11(2-6-16)10-15-13(18)12-9-14(12)3-4-14/h11-12,17H,1-10H2,(H,15,18). The molecule has 2 saturated carbocycles. The number of nitrogens with one attached hydrogen (secondary N) is 1. The van der Waals surface area contributed by atoms with Crippen molar-refractivity contribution in [2.75, 3.05) is 32.8 Å². The fourth-order valence-corrected chi connectivity index (χ4v) is 3.36. The topological polar surface area (TPSA) is 52.6 Å². The average molecular weight is 252 g/mol. The van der Waals surface area contributed by atoms with Gasteiger partial charge in [-0.15, -0.1) is 0 Å². The third kappa shape index (κ3) is 2.54. The Kier molecular flexibility index (Phi) is 3.32. The van der Waals surface area contributed by atoms with Crippen molar-refractivity contribution in [1.82, 2.24) is 10.2 Å². The maximum atomic E-state index is 11.9. The van der Waals surface area contributed by atoms with Crippen molar-refractivity contribution in [3.8, 4) is 0 Å². The predicted molar refractivity (Wildman–Crippen MR) is 69.0 cm³/mol. The van der Waals surface area contributed by atoms with E-state index in [1.54, 1.807) is 0 Å². The Morgan fingerprint density at radius 1 is 1.33 bits per heavy atom. The van der Waals surface area contributed by atoms with Crippen LogP contribution in [-0.2, 0) is 4.79 Å². The minimum atomic E-state index is 0.255. The fraction of sp³-hybridized carbons (Fsp3) is 0.929. The molecule has 1 amide bonds. The third-order valence-electron chi connectivity index (χ3n) is 5.09. The number of β-amino-alcohol motifs (C(OH)–C–C–N with tert-alkyl or cyclic N) is 1. The summed E-state index contributed by atoms with van der Waals surface area (Å²) in [6.07, 6.45) is 6.01. The van der Waals surface area contributed by atoms with Crippen LogP contribution in [0.1, 0.15) is 32.1 Å². The summed E-state index contributed by atoms with van der Waals surface area (Å²) >= 11 is 0. The van der Waals surface area contributed by atoms with E-state index in [1.165, 1.54) is 12.8 Å². The Hall–Kier alpha value is -0.610. The van der Waals surface area contributed by atoms with Crippen LogP contribution in [0.3, 0.4) is 0 Å². The molecule has 102 valence electrons. The molecule has 1 unspecified atom stereocenters. The van der Waals surface area contributed by atoms with E-state index in [0.717, 1.165) is 45.4 Å². The summed E-state index contributed by atoms with van der Waals surface area (Å²) < 4.78 is 0. The smallest absolute Gasteiger partial charge is 0.223 e. The van der Waals surface area contributed by atoms with Crippen molar-refractivity contribution in [3.63, 3.8) is 0 Å². The van der Waals surface area contributed by atoms with Crippen LogP contribution in [0.5, 0.6) is 0 Å². The van der Waals surface area contributed by atoms with Gasteiger partial charge in [0.25, 0.3) is 0 Å². The zero-order valence-electron chi connectivity index (χ0n) is 11.0. The molecule has 2 N–H and O–H groups in total. The van der Waals surface area contributed by atoms with Gasteiger partial charge < -0.3 is 15.3 Å². The SMILES string of the molecule is O=C(NCC1CCN(CCO)CC1)C1CC12CC2. The van der Waals surface area contributed by atoms with Crippen LogP contribution in [0.25, 0.3) is 0 Å². The molecule has 1 spiro atoms. The summed E-state index contributed by atoms with van der Waals surface area (Å²) in [5.74, 6) is 1.30. The van der Waals surface area contributed by atoms with Crippen LogP contribution in [0.4, 0.5) is 0 Å². The summed E-state index contributed by atoms with van der Waals surface area (Å²) in [6, 6.07) is 0. The third-order valence-corrected chi connectivity index (χ3v) is 5.09. The summed E-state index contributed by atoms with van der Waals surface area (Å²) in [5, 5.41) is 12.0. The van der Waals surface area contributed by atoms with Gasteiger partial charge in [-0.1, -0.05) is 0 Å². The first-order valence-corrected chi connectivity index (χ1v) is 7.34. The number of aliphatic hydroxyl groups is 1. The molecule has 0 bridgehead atoms. The van der Waals surface area contributed by atoms with Crippen LogP contribution >= 0.6 is 0 Å². The second-order valence-electron chi connectivity index (χ2n) is 6.37. The molecular formula is C14H24N2O2. The van der Waals surface area contributed by atoms with Crippen molar-refractivity contribution < 1.29 is 9.90 Å². The van der Waals surface area contributed by atoms with Gasteiger partial charge in [-0.25, -0.2) is 0 Å². The number of piperidine rings is 1. The van der Waals surface area contributed by atoms with E-state index in [9.17, 15) is 4.79 Å². The van der Waals surface area contributed by atoms with Gasteiger partial charge in [0.1, 0.15) is 0 Å². The highest BCUT2D eigenvalue weighted by Gasteiger charge is 2.65. The molecule has 1 atom stereocenters. The van der Waals surface area contributed by atoms with E-state index in [2.05, 4.69) is 10.2 Å². The lowest BCUT2D eigenvalue weighted by Gasteiger charge is -2.31. The normalized spacial score (nSPS) is 30.4. The minimum absolute atomic E-state index is 0.255. The summed E-state index contributed by atoms with van der Waals surface area (Å²) in [4.78, 5) is 14.2. The molecule has 18 heavy (non-hydrogen) atoms. The van der Waals surface area contributed by atoms with E-state index in [1.807, 2.05) is 0 Å². The maximum Gasteiger partial charge on any atom is 0.223 e. The molecule has 1 saturated heterocycles. The number of aliphatic hydroxyl groups excluding tert-OH is 1. The molecule has 0 aromatic rings. The van der Waals surface area contributed by atoms with Crippen LogP contribution in [0, 0.1) is 17.3 Å². The van der Waals surface area contributed by atoms with Gasteiger partial charge in [0.15, 0.2) is 0 Å². The second-order valence-corrected chi connectivity index (χ2v) is 6.37. The van der Waals surface area contributed by atoms with Crippen LogP contribution in [0.2, 0.25) is 0 Å². The minimum Gasteiger partial charge on any atom is -0.395 e. The van der Waals surface area contributed by atoms with E-state index < -0.39 is 0 Å². The first kappa shape index (κ1) is 12.4. The molecular weight excluding hydrogens is 228 g/mol. The van der Waals surface area contributed by atoms with E-state index in [-0.39, 0.29) is 6.61 Å². The van der Waals surface area contributed by atoms with E-state index in [4.69, 9.17) is 5.11 Å². The Morgan fingerprint density at radius 2 is 2.06 bits per heavy atom. The van der Waals surface area contributed by atoms with Gasteiger partial charge in [0.05, 0.1) is 6.61 Å². The first-order chi connectivity index (χ1) is 8.73. The number of hydrogen-bond acceptors (Lipinski definition) is 3. The lowest BCUT2D eigenvalue weighted by Crippen LogP contribution is -2.40. The molecule has 0 aromatic heterocycles. The average Bonchev–Trinajstić information content (AvgIpc) is 3.30. The van der Waals surface area contributed by atoms with Gasteiger partial charge in [-0.05, 0) is 56.5 Å². The van der Waals surface area contributed by atoms with Crippen LogP contribution < -0.4 is 5.32 Å². The van der Waals surface area contributed by atoms with E-state index >= 15 is 0 Å². The van der Waals surface area contributed by atoms with Gasteiger partial charge in [-0.3, -0.25) is 4.79 Å². The Morgan fingerprint density at radius 3 is 2.61 bits per heavy atom. The zero-order chi connectivity index (χ0) is 12.6. The molecule has 3 rings (SSSR count). The van der Waals surface area contributed by atoms with Gasteiger partial charge in [0, 0.05) is 19.0 Å². The van der Waals surface area contributed by atoms with Crippen molar-refractivity contribution in [1.29, 1.82) is 0 Å². The van der Waals surface area contributed by atoms with Crippen molar-refractivity contribution in [2.24, 2.45) is 17.3 Å². The molecule has 0 radical (unpaired) electrons. The predicted octanol–water partition coefficient (Wildman–Crippen LogP) is 0.607. The quantitative estimate of drug-likeness (QED) is 0.753. The molecule has 1 heterocycles. The van der Waals surface area contributed by atoms with Gasteiger partial charge in [0.2, 0.25) is 5.91 Å². The Bertz CT molecular complexity index is 320. The number of carbonyl (C=O) groups excluding carboxylic acids is 1. The van der Waals surface area contributed by atoms with E-state index in [0.29, 0.717) is 23.2 Å². The molecule has 3 fully saturated rings. The maximum absolute atomic E-state index is 11.9. The number of nitrogens with zero attached hydrogens (tertiary/aromatic N) is 1. The molecule has 4 heteroatoms. The zero-order valence-corrected chi connectivity index (χ0v) is 11.0. The lowest BCUT2D eigenvalue weighted by atomic mass is 9.97. The Labute approximate surface area is 109 Å². The largest absolute Gasteiger partial charge is 0.395 e. The molecule has 2 aliphatic carbocycles. The second kappa shape index (κ2) is 4.82. The summed E-state index contributed by atoms with van der Waals surface area (Å²) in [6.45, 7) is 4.04. The Balaban J connectivity index is 1.33. The van der Waals surface area contributed by atoms with Gasteiger partial charge in [-0.2, -0.15) is 0 Å². The highest BCUT2D eigenvalue weighted by atomic mass is 16.3. The molecule has 1 aliphatic heterocycles. The van der Waals surface area contributed by atoms with Gasteiger partial charge >= 0.3 is 0 Å². The summed E-state index contributed by atoms with van der Waals surface area (Å²) in [7, 11) is 0. The fourth-order valence-electron chi connectivity index (χ4n) is 3.36. The van der Waals surface area contributed by atoms with Crippen LogP contribution in [-0.4, -0.2) is 48.7 Å². The molecule has 3 aliphatic rings. The summed E-state index contributed by atoms with van der Waals surface area (Å²) in [5.41, 5.74) is 0.481. The number of amides is 1.